The van der Waals surface area contributed by atoms with Crippen molar-refractivity contribution in [3.8, 4) is 0 Å². The molecule has 2 heterocycles. The zero-order valence-corrected chi connectivity index (χ0v) is 20.3. The number of hydrogen-bond donors (Lipinski definition) is 1. The van der Waals surface area contributed by atoms with Crippen LogP contribution in [0.5, 0.6) is 0 Å². The maximum absolute atomic E-state index is 12.3. The largest absolute Gasteiger partial charge is 0.351 e. The molecule has 1 amide bonds. The van der Waals surface area contributed by atoms with E-state index in [1.165, 1.54) is 0 Å². The van der Waals surface area contributed by atoms with Gasteiger partial charge in [-0.05, 0) is 37.5 Å². The average Bonchev–Trinajstić information content (AvgIpc) is 2.85. The van der Waals surface area contributed by atoms with E-state index in [1.807, 2.05) is 6.92 Å². The highest BCUT2D eigenvalue weighted by molar-refractivity contribution is 7.11. The van der Waals surface area contributed by atoms with Crippen molar-refractivity contribution in [1.29, 1.82) is 0 Å². The standard InChI is InChI=1S/C18H27N3O2S.C5H12/c1-11(2)17-20-13(4)15(24-17)7-19-16(23)14-5-18(6-14)9-21(10-18)8-12(3)22;1-5(2,3)4/h11,14H,5-10H2,1-4H3,(H,19,23);1-4H3. The van der Waals surface area contributed by atoms with Crippen LogP contribution >= 0.6 is 11.3 Å². The molecule has 0 radical (unpaired) electrons. The van der Waals surface area contributed by atoms with Crippen LogP contribution in [0.3, 0.4) is 0 Å². The second-order valence-electron chi connectivity index (χ2n) is 10.9. The number of likely N-dealkylation sites (tertiary alicyclic amines) is 1. The summed E-state index contributed by atoms with van der Waals surface area (Å²) >= 11 is 1.70. The maximum atomic E-state index is 12.3. The van der Waals surface area contributed by atoms with Crippen molar-refractivity contribution in [2.45, 2.75) is 80.7 Å². The molecule has 2 fully saturated rings. The summed E-state index contributed by atoms with van der Waals surface area (Å²) in [7, 11) is 0. The highest BCUT2D eigenvalue weighted by atomic mass is 32.1. The highest BCUT2D eigenvalue weighted by Crippen LogP contribution is 2.51. The van der Waals surface area contributed by atoms with Crippen LogP contribution in [0.1, 0.15) is 82.8 Å². The summed E-state index contributed by atoms with van der Waals surface area (Å²) in [5.41, 5.74) is 1.84. The molecule has 1 aliphatic carbocycles. The van der Waals surface area contributed by atoms with Gasteiger partial charge in [0.15, 0.2) is 0 Å². The van der Waals surface area contributed by atoms with E-state index in [9.17, 15) is 9.59 Å². The quantitative estimate of drug-likeness (QED) is 0.732. The van der Waals surface area contributed by atoms with Crippen LogP contribution in [0.15, 0.2) is 0 Å². The molecule has 1 aromatic rings. The Balaban J connectivity index is 0.000000537. The summed E-state index contributed by atoms with van der Waals surface area (Å²) < 4.78 is 0. The molecule has 0 aromatic carbocycles. The predicted molar refractivity (Wildman–Crippen MR) is 120 cm³/mol. The molecule has 0 atom stereocenters. The molecule has 1 aliphatic heterocycles. The van der Waals surface area contributed by atoms with E-state index in [4.69, 9.17) is 0 Å². The first-order valence-electron chi connectivity index (χ1n) is 10.7. The van der Waals surface area contributed by atoms with E-state index in [0.29, 0.717) is 29.8 Å². The Kier molecular flexibility index (Phi) is 7.66. The molecule has 164 valence electrons. The van der Waals surface area contributed by atoms with Crippen LogP contribution in [-0.2, 0) is 16.1 Å². The van der Waals surface area contributed by atoms with Gasteiger partial charge in [0, 0.05) is 29.8 Å². The molecular weight excluding hydrogens is 382 g/mol. The van der Waals surface area contributed by atoms with Gasteiger partial charge < -0.3 is 5.32 Å². The lowest BCUT2D eigenvalue weighted by Gasteiger charge is -2.58. The number of nitrogens with one attached hydrogen (secondary N) is 1. The van der Waals surface area contributed by atoms with E-state index in [2.05, 4.69) is 56.7 Å². The lowest BCUT2D eigenvalue weighted by molar-refractivity contribution is -0.147. The average molecular weight is 422 g/mol. The van der Waals surface area contributed by atoms with E-state index >= 15 is 0 Å². The van der Waals surface area contributed by atoms with Gasteiger partial charge in [0.2, 0.25) is 5.91 Å². The minimum atomic E-state index is 0.141. The second-order valence-corrected chi connectivity index (χ2v) is 12.0. The minimum Gasteiger partial charge on any atom is -0.351 e. The van der Waals surface area contributed by atoms with Gasteiger partial charge in [0.25, 0.3) is 0 Å². The van der Waals surface area contributed by atoms with Crippen LogP contribution in [0, 0.1) is 23.7 Å². The SMILES string of the molecule is CC(=O)CN1CC2(CC(C(=O)NCc3sc(C(C)C)nc3C)C2)C1.CC(C)(C)C. The molecule has 1 aromatic heterocycles. The Morgan fingerprint density at radius 2 is 1.79 bits per heavy atom. The van der Waals surface area contributed by atoms with Gasteiger partial charge in [-0.15, -0.1) is 11.3 Å². The molecular formula is C23H39N3O2S. The summed E-state index contributed by atoms with van der Waals surface area (Å²) in [5, 5.41) is 4.23. The summed E-state index contributed by atoms with van der Waals surface area (Å²) in [6.45, 7) is 19.8. The fraction of sp³-hybridized carbons (Fsp3) is 0.783. The van der Waals surface area contributed by atoms with Gasteiger partial charge in [-0.25, -0.2) is 4.98 Å². The number of carbonyl (C=O) groups excluding carboxylic acids is 2. The van der Waals surface area contributed by atoms with Crippen molar-refractivity contribution < 1.29 is 9.59 Å². The van der Waals surface area contributed by atoms with Crippen LogP contribution < -0.4 is 5.32 Å². The zero-order chi connectivity index (χ0) is 22.0. The third kappa shape index (κ3) is 7.18. The number of hydrogen-bond acceptors (Lipinski definition) is 5. The molecule has 0 bridgehead atoms. The summed E-state index contributed by atoms with van der Waals surface area (Å²) in [6, 6.07) is 0. The first kappa shape index (κ1) is 24.0. The number of aryl methyl sites for hydroxylation is 1. The van der Waals surface area contributed by atoms with Crippen LogP contribution in [0.2, 0.25) is 0 Å². The second kappa shape index (κ2) is 9.25. The minimum absolute atomic E-state index is 0.141. The third-order valence-electron chi connectivity index (χ3n) is 5.12. The van der Waals surface area contributed by atoms with E-state index in [1.54, 1.807) is 18.3 Å². The molecule has 29 heavy (non-hydrogen) atoms. The topological polar surface area (TPSA) is 62.3 Å². The third-order valence-corrected chi connectivity index (χ3v) is 6.58. The molecule has 1 saturated heterocycles. The van der Waals surface area contributed by atoms with Crippen molar-refractivity contribution in [2.24, 2.45) is 16.7 Å². The molecule has 3 rings (SSSR count). The lowest BCUT2D eigenvalue weighted by Crippen LogP contribution is -2.64. The number of Topliss-reactive ketones (excluding diaryl/α,β-unsaturated/α-hetero) is 1. The molecule has 1 saturated carbocycles. The molecule has 2 aliphatic rings. The van der Waals surface area contributed by atoms with Gasteiger partial charge in [-0.2, -0.15) is 0 Å². The van der Waals surface area contributed by atoms with E-state index in [-0.39, 0.29) is 17.6 Å². The molecule has 0 unspecified atom stereocenters. The number of nitrogens with zero attached hydrogens (tertiary/aromatic N) is 2. The number of carbonyl (C=O) groups is 2. The van der Waals surface area contributed by atoms with Crippen molar-refractivity contribution in [2.75, 3.05) is 19.6 Å². The van der Waals surface area contributed by atoms with Crippen molar-refractivity contribution in [1.82, 2.24) is 15.2 Å². The highest BCUT2D eigenvalue weighted by Gasteiger charge is 2.54. The van der Waals surface area contributed by atoms with Crippen LogP contribution in [0.4, 0.5) is 0 Å². The van der Waals surface area contributed by atoms with Gasteiger partial charge >= 0.3 is 0 Å². The van der Waals surface area contributed by atoms with Crippen molar-refractivity contribution in [3.05, 3.63) is 15.6 Å². The number of aromatic nitrogens is 1. The van der Waals surface area contributed by atoms with Gasteiger partial charge in [-0.1, -0.05) is 41.5 Å². The Bertz CT molecular complexity index is 713. The Morgan fingerprint density at radius 1 is 1.24 bits per heavy atom. The van der Waals surface area contributed by atoms with Gasteiger partial charge in [0.1, 0.15) is 5.78 Å². The number of ketones is 1. The molecule has 6 heteroatoms. The Morgan fingerprint density at radius 3 is 2.24 bits per heavy atom. The Labute approximate surface area is 180 Å². The summed E-state index contributed by atoms with van der Waals surface area (Å²) in [6.07, 6.45) is 1.93. The predicted octanol–water partition coefficient (Wildman–Crippen LogP) is 4.54. The fourth-order valence-corrected chi connectivity index (χ4v) is 4.94. The first-order chi connectivity index (χ1) is 13.3. The smallest absolute Gasteiger partial charge is 0.223 e. The molecule has 1 N–H and O–H groups in total. The monoisotopic (exact) mass is 421 g/mol. The Hall–Kier alpha value is -1.27. The fourth-order valence-electron chi connectivity index (χ4n) is 3.93. The van der Waals surface area contributed by atoms with Gasteiger partial charge in [0.05, 0.1) is 23.8 Å². The van der Waals surface area contributed by atoms with Crippen LogP contribution in [-0.4, -0.2) is 41.2 Å². The van der Waals surface area contributed by atoms with Crippen molar-refractivity contribution >= 4 is 23.0 Å². The normalized spacial score (nSPS) is 18.7. The van der Waals surface area contributed by atoms with Crippen LogP contribution in [0.25, 0.3) is 0 Å². The maximum Gasteiger partial charge on any atom is 0.223 e. The zero-order valence-electron chi connectivity index (χ0n) is 19.5. The first-order valence-corrected chi connectivity index (χ1v) is 11.6. The van der Waals surface area contributed by atoms with Crippen molar-refractivity contribution in [3.63, 3.8) is 0 Å². The van der Waals surface area contributed by atoms with E-state index < -0.39 is 0 Å². The summed E-state index contributed by atoms with van der Waals surface area (Å²) in [5.74, 6) is 0.965. The summed E-state index contributed by atoms with van der Waals surface area (Å²) in [4.78, 5) is 31.4. The van der Waals surface area contributed by atoms with Gasteiger partial charge in [-0.3, -0.25) is 14.5 Å². The lowest BCUT2D eigenvalue weighted by atomic mass is 9.57. The molecule has 5 nitrogen and oxygen atoms in total. The number of rotatable bonds is 6. The number of amides is 1. The van der Waals surface area contributed by atoms with E-state index in [0.717, 1.165) is 41.5 Å². The number of thiazole rings is 1. The molecule has 1 spiro atoms.